The first-order valence-corrected chi connectivity index (χ1v) is 6.62. The summed E-state index contributed by atoms with van der Waals surface area (Å²) in [5.74, 6) is 0.0967. The van der Waals surface area contributed by atoms with Gasteiger partial charge in [-0.3, -0.25) is 4.79 Å². The molecule has 0 saturated carbocycles. The molecule has 0 radical (unpaired) electrons. The van der Waals surface area contributed by atoms with E-state index in [1.807, 2.05) is 43.5 Å². The zero-order chi connectivity index (χ0) is 11.7. The van der Waals surface area contributed by atoms with Gasteiger partial charge >= 0.3 is 0 Å². The highest BCUT2D eigenvalue weighted by molar-refractivity contribution is 9.10. The summed E-state index contributed by atoms with van der Waals surface area (Å²) in [5.41, 5.74) is 2.68. The molecule has 0 N–H and O–H groups in total. The van der Waals surface area contributed by atoms with Crippen molar-refractivity contribution in [1.82, 2.24) is 0 Å². The Morgan fingerprint density at radius 1 is 1.25 bits per heavy atom. The van der Waals surface area contributed by atoms with Crippen LogP contribution in [0.2, 0.25) is 0 Å². The van der Waals surface area contributed by atoms with Gasteiger partial charge in [-0.05, 0) is 36.9 Å². The maximum atomic E-state index is 12.2. The van der Waals surface area contributed by atoms with Crippen LogP contribution in [0.4, 0.5) is 0 Å². The van der Waals surface area contributed by atoms with Gasteiger partial charge < -0.3 is 0 Å². The third kappa shape index (κ3) is 2.11. The normalized spacial score (nSPS) is 10.4. The van der Waals surface area contributed by atoms with Crippen LogP contribution in [0, 0.1) is 13.8 Å². The average Bonchev–Trinajstić information content (AvgIpc) is 2.67. The van der Waals surface area contributed by atoms with E-state index in [0.29, 0.717) is 0 Å². The lowest BCUT2D eigenvalue weighted by atomic mass is 10.0. The Bertz CT molecular complexity index is 543. The van der Waals surface area contributed by atoms with Crippen LogP contribution in [-0.2, 0) is 0 Å². The van der Waals surface area contributed by atoms with Gasteiger partial charge in [0.2, 0.25) is 0 Å². The Morgan fingerprint density at radius 2 is 2.00 bits per heavy atom. The minimum Gasteiger partial charge on any atom is -0.289 e. The smallest absolute Gasteiger partial charge is 0.194 e. The van der Waals surface area contributed by atoms with Crippen LogP contribution in [0.15, 0.2) is 34.1 Å². The third-order valence-electron chi connectivity index (χ3n) is 2.54. The second-order valence-electron chi connectivity index (χ2n) is 3.68. The number of thiophene rings is 1. The van der Waals surface area contributed by atoms with E-state index in [1.165, 1.54) is 0 Å². The minimum atomic E-state index is 0.0967. The molecule has 0 amide bonds. The zero-order valence-corrected chi connectivity index (χ0v) is 11.5. The number of ketones is 1. The average molecular weight is 295 g/mol. The van der Waals surface area contributed by atoms with Crippen molar-refractivity contribution in [3.63, 3.8) is 0 Å². The summed E-state index contributed by atoms with van der Waals surface area (Å²) < 4.78 is 0.978. The molecule has 0 fully saturated rings. The van der Waals surface area contributed by atoms with Crippen molar-refractivity contribution in [3.05, 3.63) is 55.7 Å². The molecule has 0 unspecified atom stereocenters. The van der Waals surface area contributed by atoms with Crippen LogP contribution in [0.5, 0.6) is 0 Å². The van der Waals surface area contributed by atoms with Gasteiger partial charge in [0.05, 0.1) is 0 Å². The Kier molecular flexibility index (Phi) is 3.26. The molecule has 1 aromatic heterocycles. The second-order valence-corrected chi connectivity index (χ2v) is 5.66. The first kappa shape index (κ1) is 11.6. The predicted molar refractivity (Wildman–Crippen MR) is 71.4 cm³/mol. The van der Waals surface area contributed by atoms with Crippen LogP contribution in [0.1, 0.15) is 26.4 Å². The molecule has 2 aromatic rings. The van der Waals surface area contributed by atoms with Crippen molar-refractivity contribution >= 4 is 33.0 Å². The molecule has 0 bridgehead atoms. The van der Waals surface area contributed by atoms with Gasteiger partial charge in [-0.1, -0.05) is 28.1 Å². The van der Waals surface area contributed by atoms with Crippen molar-refractivity contribution in [2.75, 3.05) is 0 Å². The van der Waals surface area contributed by atoms with Crippen molar-refractivity contribution in [3.8, 4) is 0 Å². The van der Waals surface area contributed by atoms with Gasteiger partial charge in [0.25, 0.3) is 0 Å². The van der Waals surface area contributed by atoms with E-state index in [4.69, 9.17) is 0 Å². The lowest BCUT2D eigenvalue weighted by Crippen LogP contribution is -2.01. The van der Waals surface area contributed by atoms with Gasteiger partial charge in [-0.15, -0.1) is 11.3 Å². The van der Waals surface area contributed by atoms with Crippen molar-refractivity contribution < 1.29 is 4.79 Å². The monoisotopic (exact) mass is 294 g/mol. The molecule has 0 aliphatic carbocycles. The maximum absolute atomic E-state index is 12.2. The number of rotatable bonds is 2. The largest absolute Gasteiger partial charge is 0.289 e. The zero-order valence-electron chi connectivity index (χ0n) is 9.08. The molecule has 2 rings (SSSR count). The number of carbonyl (C=O) groups is 1. The molecule has 0 atom stereocenters. The Labute approximate surface area is 107 Å². The molecular formula is C13H11BrOS. The molecule has 82 valence electrons. The van der Waals surface area contributed by atoms with E-state index < -0.39 is 0 Å². The highest BCUT2D eigenvalue weighted by Gasteiger charge is 2.13. The van der Waals surface area contributed by atoms with Gasteiger partial charge in [-0.2, -0.15) is 0 Å². The fraction of sp³-hybridized carbons (Fsp3) is 0.154. The Balaban J connectivity index is 2.42. The molecule has 1 aromatic carbocycles. The lowest BCUT2D eigenvalue weighted by molar-refractivity contribution is 0.103. The van der Waals surface area contributed by atoms with Gasteiger partial charge in [0, 0.05) is 20.5 Å². The minimum absolute atomic E-state index is 0.0967. The summed E-state index contributed by atoms with van der Waals surface area (Å²) in [7, 11) is 0. The summed E-state index contributed by atoms with van der Waals surface area (Å²) in [4.78, 5) is 13.2. The summed E-state index contributed by atoms with van der Waals surface area (Å²) in [6, 6.07) is 7.60. The Hall–Kier alpha value is -0.930. The van der Waals surface area contributed by atoms with Crippen molar-refractivity contribution in [1.29, 1.82) is 0 Å². The van der Waals surface area contributed by atoms with Crippen molar-refractivity contribution in [2.45, 2.75) is 13.8 Å². The predicted octanol–water partition coefficient (Wildman–Crippen LogP) is 4.36. The first-order chi connectivity index (χ1) is 7.59. The fourth-order valence-electron chi connectivity index (χ4n) is 1.51. The van der Waals surface area contributed by atoms with Gasteiger partial charge in [-0.25, -0.2) is 0 Å². The SMILES string of the molecule is Cc1ccc(C(=O)c2ccsc2C)cc1Br. The van der Waals surface area contributed by atoms with Crippen molar-refractivity contribution in [2.24, 2.45) is 0 Å². The van der Waals surface area contributed by atoms with Crippen LogP contribution < -0.4 is 0 Å². The highest BCUT2D eigenvalue weighted by atomic mass is 79.9. The quantitative estimate of drug-likeness (QED) is 0.752. The van der Waals surface area contributed by atoms with E-state index in [9.17, 15) is 4.79 Å². The van der Waals surface area contributed by atoms with Crippen LogP contribution in [0.3, 0.4) is 0 Å². The summed E-state index contributed by atoms with van der Waals surface area (Å²) in [6.07, 6.45) is 0. The Morgan fingerprint density at radius 3 is 2.56 bits per heavy atom. The third-order valence-corrected chi connectivity index (χ3v) is 4.24. The summed E-state index contributed by atoms with van der Waals surface area (Å²) in [5, 5.41) is 1.95. The van der Waals surface area contributed by atoms with E-state index in [0.717, 1.165) is 26.0 Å². The van der Waals surface area contributed by atoms with Gasteiger partial charge in [0.1, 0.15) is 0 Å². The van der Waals surface area contributed by atoms with E-state index >= 15 is 0 Å². The molecule has 0 aliphatic heterocycles. The topological polar surface area (TPSA) is 17.1 Å². The summed E-state index contributed by atoms with van der Waals surface area (Å²) >= 11 is 5.05. The molecular weight excluding hydrogens is 284 g/mol. The molecule has 16 heavy (non-hydrogen) atoms. The van der Waals surface area contributed by atoms with E-state index in [1.54, 1.807) is 11.3 Å². The molecule has 1 nitrogen and oxygen atoms in total. The molecule has 3 heteroatoms. The second kappa shape index (κ2) is 4.52. The number of carbonyl (C=O) groups excluding carboxylic acids is 1. The summed E-state index contributed by atoms with van der Waals surface area (Å²) in [6.45, 7) is 3.98. The standard InChI is InChI=1S/C13H11BrOS/c1-8-3-4-10(7-12(8)14)13(15)11-5-6-16-9(11)2/h3-7H,1-2H3. The van der Waals surface area contributed by atoms with Gasteiger partial charge in [0.15, 0.2) is 5.78 Å². The molecule has 0 spiro atoms. The van der Waals surface area contributed by atoms with E-state index in [-0.39, 0.29) is 5.78 Å². The maximum Gasteiger partial charge on any atom is 0.194 e. The number of halogens is 1. The fourth-order valence-corrected chi connectivity index (χ4v) is 2.58. The highest BCUT2D eigenvalue weighted by Crippen LogP contribution is 2.22. The molecule has 0 aliphatic rings. The lowest BCUT2D eigenvalue weighted by Gasteiger charge is -2.03. The van der Waals surface area contributed by atoms with Crippen LogP contribution >= 0.6 is 27.3 Å². The molecule has 0 saturated heterocycles. The number of hydrogen-bond acceptors (Lipinski definition) is 2. The number of hydrogen-bond donors (Lipinski definition) is 0. The van der Waals surface area contributed by atoms with Crippen LogP contribution in [0.25, 0.3) is 0 Å². The van der Waals surface area contributed by atoms with Crippen LogP contribution in [-0.4, -0.2) is 5.78 Å². The number of benzene rings is 1. The van der Waals surface area contributed by atoms with E-state index in [2.05, 4.69) is 15.9 Å². The molecule has 1 heterocycles. The number of aryl methyl sites for hydroxylation is 2. The first-order valence-electron chi connectivity index (χ1n) is 4.94.